The fourth-order valence-electron chi connectivity index (χ4n) is 5.68. The Balaban J connectivity index is 1.72. The number of piperidine rings is 1. The van der Waals surface area contributed by atoms with Crippen LogP contribution in [0.15, 0.2) is 45.5 Å². The Labute approximate surface area is 146 Å². The van der Waals surface area contributed by atoms with Crippen LogP contribution in [-0.2, 0) is 9.57 Å². The molecular formula is C18H23N3O4. The monoisotopic (exact) mass is 345 g/mol. The lowest BCUT2D eigenvalue weighted by molar-refractivity contribution is -0.103. The molecule has 1 spiro atoms. The van der Waals surface area contributed by atoms with Crippen LogP contribution in [0.4, 0.5) is 0 Å². The first kappa shape index (κ1) is 15.5. The van der Waals surface area contributed by atoms with E-state index in [1.54, 1.807) is 0 Å². The van der Waals surface area contributed by atoms with Gasteiger partial charge in [-0.25, -0.2) is 0 Å². The third-order valence-electron chi connectivity index (χ3n) is 6.76. The molecule has 25 heavy (non-hydrogen) atoms. The summed E-state index contributed by atoms with van der Waals surface area (Å²) >= 11 is 0. The largest absolute Gasteiger partial charge is 0.485 e. The highest BCUT2D eigenvalue weighted by Gasteiger charge is 2.67. The number of hydrogen-bond donors (Lipinski definition) is 2. The summed E-state index contributed by atoms with van der Waals surface area (Å²) in [6, 6.07) is 0.393. The van der Waals surface area contributed by atoms with Crippen molar-refractivity contribution in [3.05, 3.63) is 35.1 Å². The van der Waals surface area contributed by atoms with Crippen molar-refractivity contribution in [3.8, 4) is 0 Å². The standard InChI is InChI=1S/C18H23N3O4/c1-21-8-7-17-11-3-4-13(22)15(17)25-16-14(17)10(9-12(11)21)5-6-18(16,23)19-20-24-2/h3-5,11-13,15,22-23H,6-9H2,1-2H3/b20-19+/t11-,12+,13-,15-,17-,18?/m0/s1. The molecule has 1 unspecified atom stereocenters. The molecule has 0 aromatic carbocycles. The van der Waals surface area contributed by atoms with Gasteiger partial charge in [0.15, 0.2) is 5.76 Å². The Morgan fingerprint density at radius 3 is 3.04 bits per heavy atom. The maximum Gasteiger partial charge on any atom is 0.241 e. The molecule has 0 amide bonds. The van der Waals surface area contributed by atoms with Crippen molar-refractivity contribution >= 4 is 0 Å². The van der Waals surface area contributed by atoms with Gasteiger partial charge in [-0.1, -0.05) is 18.2 Å². The third-order valence-corrected chi connectivity index (χ3v) is 6.76. The van der Waals surface area contributed by atoms with Crippen molar-refractivity contribution in [1.29, 1.82) is 0 Å². The second-order valence-electron chi connectivity index (χ2n) is 7.80. The van der Waals surface area contributed by atoms with Gasteiger partial charge in [-0.05, 0) is 32.0 Å². The van der Waals surface area contributed by atoms with Gasteiger partial charge in [0.25, 0.3) is 0 Å². The minimum absolute atomic E-state index is 0.269. The zero-order valence-electron chi connectivity index (χ0n) is 14.4. The molecule has 5 rings (SSSR count). The van der Waals surface area contributed by atoms with E-state index in [2.05, 4.69) is 39.3 Å². The highest BCUT2D eigenvalue weighted by Crippen LogP contribution is 2.65. The van der Waals surface area contributed by atoms with E-state index < -0.39 is 11.8 Å². The molecule has 6 atom stereocenters. The van der Waals surface area contributed by atoms with E-state index >= 15 is 0 Å². The van der Waals surface area contributed by atoms with Gasteiger partial charge in [-0.2, -0.15) is 0 Å². The molecule has 5 aliphatic rings. The molecule has 1 saturated heterocycles. The first-order valence-electron chi connectivity index (χ1n) is 8.87. The Kier molecular flexibility index (Phi) is 3.07. The summed E-state index contributed by atoms with van der Waals surface area (Å²) in [4.78, 5) is 7.10. The smallest absolute Gasteiger partial charge is 0.241 e. The molecule has 2 N–H and O–H groups in total. The maximum absolute atomic E-state index is 11.1. The molecule has 134 valence electrons. The molecule has 0 aromatic rings. The number of nitrogens with zero attached hydrogens (tertiary/aromatic N) is 3. The average molecular weight is 345 g/mol. The molecule has 2 bridgehead atoms. The van der Waals surface area contributed by atoms with Crippen LogP contribution in [0.3, 0.4) is 0 Å². The van der Waals surface area contributed by atoms with E-state index in [1.807, 2.05) is 6.08 Å². The fourth-order valence-corrected chi connectivity index (χ4v) is 5.68. The Morgan fingerprint density at radius 1 is 1.40 bits per heavy atom. The zero-order chi connectivity index (χ0) is 17.4. The molecule has 0 aromatic heterocycles. The van der Waals surface area contributed by atoms with Crippen molar-refractivity contribution in [2.24, 2.45) is 21.7 Å². The highest BCUT2D eigenvalue weighted by atomic mass is 16.6. The minimum Gasteiger partial charge on any atom is -0.485 e. The second-order valence-corrected chi connectivity index (χ2v) is 7.80. The number of hydrogen-bond acceptors (Lipinski definition) is 7. The summed E-state index contributed by atoms with van der Waals surface area (Å²) in [5.74, 6) is 0.734. The minimum atomic E-state index is -1.55. The van der Waals surface area contributed by atoms with Crippen molar-refractivity contribution in [3.63, 3.8) is 0 Å². The van der Waals surface area contributed by atoms with Crippen molar-refractivity contribution in [2.45, 2.75) is 43.2 Å². The van der Waals surface area contributed by atoms with Gasteiger partial charge in [0.2, 0.25) is 5.72 Å². The van der Waals surface area contributed by atoms with Crippen molar-refractivity contribution in [1.82, 2.24) is 4.90 Å². The number of likely N-dealkylation sites (tertiary alicyclic amines) is 1. The van der Waals surface area contributed by atoms with E-state index in [9.17, 15) is 10.2 Å². The molecule has 7 nitrogen and oxygen atoms in total. The van der Waals surface area contributed by atoms with E-state index in [-0.39, 0.29) is 17.4 Å². The summed E-state index contributed by atoms with van der Waals surface area (Å²) in [5.41, 5.74) is 0.438. The van der Waals surface area contributed by atoms with E-state index in [0.717, 1.165) is 25.0 Å². The molecule has 2 heterocycles. The lowest BCUT2D eigenvalue weighted by Crippen LogP contribution is -2.62. The van der Waals surface area contributed by atoms with Crippen LogP contribution < -0.4 is 0 Å². The maximum atomic E-state index is 11.1. The third kappa shape index (κ3) is 1.76. The van der Waals surface area contributed by atoms with Gasteiger partial charge < -0.3 is 24.7 Å². The first-order valence-corrected chi connectivity index (χ1v) is 8.87. The van der Waals surface area contributed by atoms with Crippen molar-refractivity contribution in [2.75, 3.05) is 20.7 Å². The van der Waals surface area contributed by atoms with Crippen LogP contribution >= 0.6 is 0 Å². The topological polar surface area (TPSA) is 86.9 Å². The lowest BCUT2D eigenvalue weighted by atomic mass is 9.51. The zero-order valence-corrected chi connectivity index (χ0v) is 14.4. The highest BCUT2D eigenvalue weighted by molar-refractivity contribution is 5.54. The van der Waals surface area contributed by atoms with Crippen molar-refractivity contribution < 1.29 is 19.8 Å². The summed E-state index contributed by atoms with van der Waals surface area (Å²) in [6.45, 7) is 0.948. The molecule has 1 saturated carbocycles. The predicted molar refractivity (Wildman–Crippen MR) is 88.1 cm³/mol. The van der Waals surface area contributed by atoms with E-state index in [1.165, 1.54) is 12.7 Å². The van der Waals surface area contributed by atoms with Gasteiger partial charge in [0.05, 0.1) is 0 Å². The van der Waals surface area contributed by atoms with E-state index in [0.29, 0.717) is 18.2 Å². The Hall–Kier alpha value is -1.70. The number of aliphatic hydroxyl groups excluding tert-OH is 1. The quantitative estimate of drug-likeness (QED) is 0.448. The number of rotatable bonds is 2. The summed E-state index contributed by atoms with van der Waals surface area (Å²) in [5, 5.41) is 29.3. The van der Waals surface area contributed by atoms with Gasteiger partial charge >= 0.3 is 0 Å². The SMILES string of the molecule is CO/N=N/C1(O)CC=C2C[C@@H]3[C@@H]4C=C[C@H](O)[C@@H]5OC1=C2[C@]45CCN3C. The number of ether oxygens (including phenoxy) is 1. The Bertz CT molecular complexity index is 745. The second kappa shape index (κ2) is 4.93. The predicted octanol–water partition coefficient (Wildman–Crippen LogP) is 1.31. The fraction of sp³-hybridized carbons (Fsp3) is 0.667. The normalized spacial score (nSPS) is 47.6. The lowest BCUT2D eigenvalue weighted by Gasteiger charge is -2.58. The average Bonchev–Trinajstić information content (AvgIpc) is 2.96. The van der Waals surface area contributed by atoms with Crippen LogP contribution in [0.1, 0.15) is 19.3 Å². The van der Waals surface area contributed by atoms with Crippen LogP contribution in [0, 0.1) is 11.3 Å². The summed E-state index contributed by atoms with van der Waals surface area (Å²) in [6.07, 6.45) is 7.13. The summed E-state index contributed by atoms with van der Waals surface area (Å²) in [7, 11) is 3.57. The summed E-state index contributed by atoms with van der Waals surface area (Å²) < 4.78 is 6.25. The first-order chi connectivity index (χ1) is 12.0. The van der Waals surface area contributed by atoms with Gasteiger partial charge in [-0.3, -0.25) is 0 Å². The molecule has 3 aliphatic carbocycles. The van der Waals surface area contributed by atoms with Crippen LogP contribution in [0.5, 0.6) is 0 Å². The molecule has 0 radical (unpaired) electrons. The van der Waals surface area contributed by atoms with Crippen LogP contribution in [0.2, 0.25) is 0 Å². The van der Waals surface area contributed by atoms with Gasteiger partial charge in [0, 0.05) is 34.6 Å². The van der Waals surface area contributed by atoms with Gasteiger partial charge in [0.1, 0.15) is 19.3 Å². The van der Waals surface area contributed by atoms with Crippen LogP contribution in [0.25, 0.3) is 0 Å². The Morgan fingerprint density at radius 2 is 2.24 bits per heavy atom. The molecule has 2 aliphatic heterocycles. The van der Waals surface area contributed by atoms with Crippen LogP contribution in [-0.4, -0.2) is 59.8 Å². The van der Waals surface area contributed by atoms with Gasteiger partial charge in [-0.15, -0.1) is 5.11 Å². The molecular weight excluding hydrogens is 322 g/mol. The molecule has 7 heteroatoms. The number of aliphatic hydroxyl groups is 2. The van der Waals surface area contributed by atoms with E-state index in [4.69, 9.17) is 4.74 Å². The molecule has 2 fully saturated rings.